The first-order valence-corrected chi connectivity index (χ1v) is 12.0. The van der Waals surface area contributed by atoms with Crippen molar-refractivity contribution in [2.45, 2.75) is 19.9 Å². The van der Waals surface area contributed by atoms with Gasteiger partial charge in [-0.1, -0.05) is 12.7 Å². The number of rotatable bonds is 8. The van der Waals surface area contributed by atoms with Crippen molar-refractivity contribution in [3.63, 3.8) is 0 Å². The first-order valence-electron chi connectivity index (χ1n) is 11.2. The normalized spacial score (nSPS) is 13.0. The average Bonchev–Trinajstić information content (AvgIpc) is 3.23. The number of urea groups is 1. The van der Waals surface area contributed by atoms with Crippen molar-refractivity contribution in [3.05, 3.63) is 41.0 Å². The fourth-order valence-corrected chi connectivity index (χ4v) is 5.25. The highest BCUT2D eigenvalue weighted by Crippen LogP contribution is 2.40. The second-order valence-electron chi connectivity index (χ2n) is 7.99. The average molecular weight is 483 g/mol. The molecule has 0 spiro atoms. The first-order chi connectivity index (χ1) is 16.5. The summed E-state index contributed by atoms with van der Waals surface area (Å²) >= 11 is 1.60. The number of fused-ring (bicyclic) bond motifs is 3. The molecule has 0 saturated carbocycles. The number of amides is 2. The number of methoxy groups -OCH3 is 1. The number of hydrogen-bond acceptors (Lipinski definition) is 8. The molecule has 0 saturated heterocycles. The Hall–Kier alpha value is -3.37. The van der Waals surface area contributed by atoms with Crippen molar-refractivity contribution in [2.75, 3.05) is 51.5 Å². The van der Waals surface area contributed by atoms with Crippen LogP contribution in [0.1, 0.15) is 22.9 Å². The smallest absolute Gasteiger partial charge is 0.320 e. The molecule has 2 aromatic heterocycles. The van der Waals surface area contributed by atoms with Crippen molar-refractivity contribution >= 4 is 50.9 Å². The van der Waals surface area contributed by atoms with Gasteiger partial charge >= 0.3 is 6.03 Å². The lowest BCUT2D eigenvalue weighted by Gasteiger charge is -2.31. The highest BCUT2D eigenvalue weighted by molar-refractivity contribution is 7.19. The molecule has 4 rings (SSSR count). The number of hydrogen-bond donors (Lipinski definition) is 2. The van der Waals surface area contributed by atoms with E-state index in [4.69, 9.17) is 15.2 Å². The lowest BCUT2D eigenvalue weighted by Crippen LogP contribution is -2.44. The fourth-order valence-electron chi connectivity index (χ4n) is 4.05. The molecule has 3 heterocycles. The molecule has 1 aliphatic rings. The van der Waals surface area contributed by atoms with E-state index in [1.807, 2.05) is 24.9 Å². The van der Waals surface area contributed by atoms with Crippen LogP contribution in [0, 0.1) is 0 Å². The number of benzene rings is 1. The Morgan fingerprint density at radius 2 is 2.24 bits per heavy atom. The summed E-state index contributed by atoms with van der Waals surface area (Å²) in [5.41, 5.74) is 9.41. The zero-order valence-electron chi connectivity index (χ0n) is 19.8. The van der Waals surface area contributed by atoms with E-state index in [1.165, 1.54) is 5.56 Å². The molecule has 0 fully saturated rings. The predicted octanol–water partition coefficient (Wildman–Crippen LogP) is 4.12. The van der Waals surface area contributed by atoms with Crippen LogP contribution in [0.3, 0.4) is 0 Å². The van der Waals surface area contributed by atoms with Crippen molar-refractivity contribution in [2.24, 2.45) is 0 Å². The molecule has 1 aliphatic heterocycles. The van der Waals surface area contributed by atoms with E-state index in [2.05, 4.69) is 21.9 Å². The van der Waals surface area contributed by atoms with Crippen LogP contribution in [0.5, 0.6) is 5.75 Å². The molecule has 0 unspecified atom stereocenters. The number of nitrogen functional groups attached to an aromatic ring is 1. The minimum atomic E-state index is 0.0100. The van der Waals surface area contributed by atoms with Crippen LogP contribution < -0.4 is 15.8 Å². The molecule has 0 aliphatic carbocycles. The molecule has 3 N–H and O–H groups in total. The van der Waals surface area contributed by atoms with E-state index in [0.717, 1.165) is 32.8 Å². The van der Waals surface area contributed by atoms with E-state index in [0.29, 0.717) is 50.1 Å². The number of nitrogens with one attached hydrogen (secondary N) is 1. The maximum Gasteiger partial charge on any atom is 0.320 e. The van der Waals surface area contributed by atoms with Crippen LogP contribution in [-0.2, 0) is 17.7 Å². The van der Waals surface area contributed by atoms with E-state index in [-0.39, 0.29) is 6.03 Å². The maximum absolute atomic E-state index is 12.9. The van der Waals surface area contributed by atoms with E-state index in [9.17, 15) is 4.79 Å². The zero-order valence-corrected chi connectivity index (χ0v) is 20.6. The summed E-state index contributed by atoms with van der Waals surface area (Å²) in [6.07, 6.45) is 3.99. The first kappa shape index (κ1) is 23.8. The van der Waals surface area contributed by atoms with Gasteiger partial charge in [-0.3, -0.25) is 0 Å². The molecular formula is C24H30N6O3S. The number of carbonyl (C=O) groups is 1. The summed E-state index contributed by atoms with van der Waals surface area (Å²) in [5.74, 6) is 1.32. The summed E-state index contributed by atoms with van der Waals surface area (Å²) in [4.78, 5) is 27.6. The Morgan fingerprint density at radius 1 is 1.41 bits per heavy atom. The monoisotopic (exact) mass is 482 g/mol. The van der Waals surface area contributed by atoms with Crippen molar-refractivity contribution in [1.29, 1.82) is 0 Å². The number of likely N-dealkylation sites (N-methyl/N-ethyl adjacent to an activating group) is 1. The SMILES string of the molecule is C=Cc1cc(Nc2ncnc3sc4c(c23)CCN(C(=O)N(C)CCOCC)C4)c(OC)cc1N. The van der Waals surface area contributed by atoms with Crippen molar-refractivity contribution in [1.82, 2.24) is 19.8 Å². The molecule has 180 valence electrons. The fraction of sp³-hybridized carbons (Fsp3) is 0.375. The highest BCUT2D eigenvalue weighted by atomic mass is 32.1. The van der Waals surface area contributed by atoms with Crippen LogP contribution in [0.25, 0.3) is 16.3 Å². The lowest BCUT2D eigenvalue weighted by atomic mass is 10.0. The van der Waals surface area contributed by atoms with Gasteiger partial charge in [-0.2, -0.15) is 0 Å². The van der Waals surface area contributed by atoms with Gasteiger partial charge in [0.25, 0.3) is 0 Å². The summed E-state index contributed by atoms with van der Waals surface area (Å²) in [5, 5.41) is 4.39. The molecule has 9 nitrogen and oxygen atoms in total. The molecule has 10 heteroatoms. The predicted molar refractivity (Wildman–Crippen MR) is 137 cm³/mol. The molecule has 0 radical (unpaired) electrons. The molecule has 3 aromatic rings. The summed E-state index contributed by atoms with van der Waals surface area (Å²) in [6, 6.07) is 3.68. The number of nitrogens with two attached hydrogens (primary N) is 1. The third kappa shape index (κ3) is 4.64. The van der Waals surface area contributed by atoms with Gasteiger partial charge in [0.1, 0.15) is 22.7 Å². The number of carbonyl (C=O) groups excluding carboxylic acids is 1. The zero-order chi connectivity index (χ0) is 24.2. The highest BCUT2D eigenvalue weighted by Gasteiger charge is 2.28. The van der Waals surface area contributed by atoms with Gasteiger partial charge in [-0.15, -0.1) is 11.3 Å². The Kier molecular flexibility index (Phi) is 7.18. The number of anilines is 3. The van der Waals surface area contributed by atoms with Crippen molar-refractivity contribution < 1.29 is 14.3 Å². The number of aromatic nitrogens is 2. The van der Waals surface area contributed by atoms with Gasteiger partial charge in [0.15, 0.2) is 0 Å². The lowest BCUT2D eigenvalue weighted by molar-refractivity contribution is 0.112. The van der Waals surface area contributed by atoms with Crippen LogP contribution in [-0.4, -0.2) is 66.3 Å². The molecule has 2 amide bonds. The summed E-state index contributed by atoms with van der Waals surface area (Å²) in [6.45, 7) is 8.72. The Balaban J connectivity index is 1.61. The van der Waals surface area contributed by atoms with Gasteiger partial charge in [-0.25, -0.2) is 14.8 Å². The molecule has 0 atom stereocenters. The topological polar surface area (TPSA) is 106 Å². The minimum Gasteiger partial charge on any atom is -0.494 e. The van der Waals surface area contributed by atoms with Gasteiger partial charge in [0, 0.05) is 43.4 Å². The Labute approximate surface area is 203 Å². The second kappa shape index (κ2) is 10.3. The van der Waals surface area contributed by atoms with E-state index >= 15 is 0 Å². The van der Waals surface area contributed by atoms with Crippen LogP contribution in [0.2, 0.25) is 0 Å². The molecule has 1 aromatic carbocycles. The largest absolute Gasteiger partial charge is 0.494 e. The van der Waals surface area contributed by atoms with E-state index < -0.39 is 0 Å². The third-order valence-corrected chi connectivity index (χ3v) is 7.01. The standard InChI is InChI=1S/C24H30N6O3S/c1-5-15-11-18(19(32-4)12-17(15)25)28-22-21-16-7-8-30(24(31)29(3)9-10-33-6-2)13-20(16)34-23(21)27-14-26-22/h5,11-12,14H,1,6-10,13,25H2,2-4H3,(H,26,27,28). The third-order valence-electron chi connectivity index (χ3n) is 5.89. The Bertz CT molecular complexity index is 1210. The minimum absolute atomic E-state index is 0.0100. The maximum atomic E-state index is 12.9. The summed E-state index contributed by atoms with van der Waals surface area (Å²) < 4.78 is 10.9. The van der Waals surface area contributed by atoms with Gasteiger partial charge in [0.2, 0.25) is 0 Å². The second-order valence-corrected chi connectivity index (χ2v) is 9.07. The molecule has 0 bridgehead atoms. The van der Waals surface area contributed by atoms with Gasteiger partial charge < -0.3 is 30.3 Å². The summed E-state index contributed by atoms with van der Waals surface area (Å²) in [7, 11) is 3.42. The van der Waals surface area contributed by atoms with Gasteiger partial charge in [0.05, 0.1) is 31.3 Å². The number of thiophene rings is 1. The van der Waals surface area contributed by atoms with E-state index in [1.54, 1.807) is 41.8 Å². The molecule has 34 heavy (non-hydrogen) atoms. The van der Waals surface area contributed by atoms with Crippen LogP contribution in [0.4, 0.5) is 22.0 Å². The number of ether oxygens (including phenoxy) is 2. The Morgan fingerprint density at radius 3 is 2.97 bits per heavy atom. The number of nitrogens with zero attached hydrogens (tertiary/aromatic N) is 4. The quantitative estimate of drug-likeness (QED) is 0.368. The van der Waals surface area contributed by atoms with Crippen LogP contribution >= 0.6 is 11.3 Å². The van der Waals surface area contributed by atoms with Gasteiger partial charge in [-0.05, 0) is 30.5 Å². The van der Waals surface area contributed by atoms with Crippen LogP contribution in [0.15, 0.2) is 25.0 Å². The molecular weight excluding hydrogens is 452 g/mol. The van der Waals surface area contributed by atoms with Crippen molar-refractivity contribution in [3.8, 4) is 5.75 Å².